The second-order valence-electron chi connectivity index (χ2n) is 17.0. The number of methoxy groups -OCH3 is 1. The Morgan fingerprint density at radius 2 is 1.78 bits per heavy atom. The van der Waals surface area contributed by atoms with Crippen LogP contribution < -0.4 is 26.2 Å². The summed E-state index contributed by atoms with van der Waals surface area (Å²) in [5, 5.41) is 17.4. The Morgan fingerprint density at radius 3 is 2.54 bits per heavy atom. The first-order chi connectivity index (χ1) is 30.5. The molecule has 3 atom stereocenters. The van der Waals surface area contributed by atoms with E-state index < -0.39 is 41.9 Å². The molecule has 8 rings (SSSR count). The molecule has 3 saturated heterocycles. The predicted molar refractivity (Wildman–Crippen MR) is 233 cm³/mol. The number of fused-ring (bicyclic) bond motifs is 2. The first-order valence-corrected chi connectivity index (χ1v) is 22.0. The number of piperidine rings is 3. The number of hydrogen-bond donors (Lipinski definition) is 4. The highest BCUT2D eigenvalue weighted by Crippen LogP contribution is 2.33. The number of amides is 5. The Kier molecular flexibility index (Phi) is 13.2. The Bertz CT molecular complexity index is 2370. The number of halogens is 1. The quantitative estimate of drug-likeness (QED) is 0.0911. The fourth-order valence-electron chi connectivity index (χ4n) is 8.95. The molecule has 7 heterocycles. The van der Waals surface area contributed by atoms with Crippen molar-refractivity contribution in [3.05, 3.63) is 59.5 Å². The van der Waals surface area contributed by atoms with Crippen LogP contribution in [0.1, 0.15) is 109 Å². The molecule has 4 aliphatic rings. The number of rotatable bonds is 16. The molecule has 18 nitrogen and oxygen atoms in total. The van der Waals surface area contributed by atoms with E-state index in [0.29, 0.717) is 53.9 Å². The molecule has 4 aromatic rings. The van der Waals surface area contributed by atoms with Crippen LogP contribution in [0.15, 0.2) is 42.7 Å². The van der Waals surface area contributed by atoms with E-state index in [1.165, 1.54) is 7.11 Å². The van der Waals surface area contributed by atoms with Gasteiger partial charge in [-0.3, -0.25) is 38.9 Å². The lowest BCUT2D eigenvalue weighted by Gasteiger charge is -2.33. The van der Waals surface area contributed by atoms with Gasteiger partial charge in [-0.25, -0.2) is 14.4 Å². The number of ether oxygens (including phenoxy) is 1. The summed E-state index contributed by atoms with van der Waals surface area (Å²) in [5.74, 6) is -0.817. The minimum atomic E-state index is -1.13. The van der Waals surface area contributed by atoms with E-state index in [9.17, 15) is 28.4 Å². The summed E-state index contributed by atoms with van der Waals surface area (Å²) < 4.78 is 21.7. The molecule has 4 aliphatic heterocycles. The molecule has 0 bridgehead atoms. The van der Waals surface area contributed by atoms with Gasteiger partial charge < -0.3 is 30.5 Å². The molecule has 3 aromatic heterocycles. The Balaban J connectivity index is 0.770. The minimum Gasteiger partial charge on any atom is -0.384 e. The van der Waals surface area contributed by atoms with Gasteiger partial charge in [0.05, 0.1) is 34.7 Å². The molecule has 0 saturated carbocycles. The largest absolute Gasteiger partial charge is 0.384 e. The molecule has 0 radical (unpaired) electrons. The number of alkyl halides is 1. The molecule has 19 heteroatoms. The van der Waals surface area contributed by atoms with E-state index in [-0.39, 0.29) is 48.5 Å². The van der Waals surface area contributed by atoms with Gasteiger partial charge in [0.25, 0.3) is 17.7 Å². The zero-order valence-corrected chi connectivity index (χ0v) is 35.9. The zero-order valence-electron chi connectivity index (χ0n) is 35.9. The monoisotopic (exact) mass is 866 g/mol. The number of likely N-dealkylation sites (tertiary alicyclic amines) is 1. The van der Waals surface area contributed by atoms with Gasteiger partial charge >= 0.3 is 0 Å². The van der Waals surface area contributed by atoms with Crippen LogP contribution in [0.2, 0.25) is 0 Å². The summed E-state index contributed by atoms with van der Waals surface area (Å²) >= 11 is 0. The van der Waals surface area contributed by atoms with Gasteiger partial charge in [-0.15, -0.1) is 0 Å². The number of nitrogens with zero attached hydrogens (tertiary/aromatic N) is 8. The van der Waals surface area contributed by atoms with E-state index in [0.717, 1.165) is 68.6 Å². The second kappa shape index (κ2) is 19.1. The van der Waals surface area contributed by atoms with Crippen molar-refractivity contribution in [3.8, 4) is 0 Å². The number of aromatic nitrogens is 5. The average Bonchev–Trinajstić information content (AvgIpc) is 3.78. The number of carbonyl (C=O) groups is 5. The van der Waals surface area contributed by atoms with Crippen LogP contribution in [0.5, 0.6) is 0 Å². The molecule has 0 spiro atoms. The molecule has 1 aromatic carbocycles. The molecule has 63 heavy (non-hydrogen) atoms. The fraction of sp³-hybridized carbons (Fsp3) is 0.523. The van der Waals surface area contributed by atoms with Crippen molar-refractivity contribution < 1.29 is 33.1 Å². The number of pyridine rings is 1. The van der Waals surface area contributed by atoms with E-state index in [2.05, 4.69) is 41.1 Å². The summed E-state index contributed by atoms with van der Waals surface area (Å²) in [5.41, 5.74) is 2.21. The normalized spacial score (nSPS) is 21.0. The Hall–Kier alpha value is -6.08. The number of anilines is 4. The van der Waals surface area contributed by atoms with Gasteiger partial charge in [0.15, 0.2) is 5.69 Å². The number of unbranched alkanes of at least 4 members (excludes halogenated alkanes) is 3. The van der Waals surface area contributed by atoms with Crippen molar-refractivity contribution in [3.63, 3.8) is 0 Å². The van der Waals surface area contributed by atoms with Crippen LogP contribution in [0, 0.1) is 0 Å². The van der Waals surface area contributed by atoms with Crippen LogP contribution >= 0.6 is 0 Å². The zero-order chi connectivity index (χ0) is 44.2. The predicted octanol–water partition coefficient (Wildman–Crippen LogP) is 4.38. The molecular weight excluding hydrogens is 812 g/mol. The van der Waals surface area contributed by atoms with Gasteiger partial charge in [0.1, 0.15) is 23.8 Å². The summed E-state index contributed by atoms with van der Waals surface area (Å²) in [6, 6.07) is 7.70. The van der Waals surface area contributed by atoms with Crippen molar-refractivity contribution in [2.75, 3.05) is 61.9 Å². The average molecular weight is 867 g/mol. The maximum absolute atomic E-state index is 14.6. The van der Waals surface area contributed by atoms with Crippen LogP contribution in [0.3, 0.4) is 0 Å². The van der Waals surface area contributed by atoms with E-state index >= 15 is 0 Å². The molecular formula is C44H55FN12O6. The Morgan fingerprint density at radius 1 is 0.968 bits per heavy atom. The van der Waals surface area contributed by atoms with Gasteiger partial charge in [-0.05, 0) is 77.1 Å². The number of nitrogens with one attached hydrogen (secondary N) is 4. The van der Waals surface area contributed by atoms with Crippen molar-refractivity contribution >= 4 is 63.7 Å². The summed E-state index contributed by atoms with van der Waals surface area (Å²) in [4.78, 5) is 83.1. The van der Waals surface area contributed by atoms with E-state index in [1.807, 2.05) is 29.5 Å². The lowest BCUT2D eigenvalue weighted by atomic mass is 10.0. The molecule has 1 unspecified atom stereocenters. The van der Waals surface area contributed by atoms with Gasteiger partial charge in [-0.1, -0.05) is 18.9 Å². The Labute approximate surface area is 364 Å². The molecule has 334 valence electrons. The van der Waals surface area contributed by atoms with Crippen molar-refractivity contribution in [1.29, 1.82) is 0 Å². The van der Waals surface area contributed by atoms with Crippen molar-refractivity contribution in [2.45, 2.75) is 102 Å². The fourth-order valence-corrected chi connectivity index (χ4v) is 8.95. The third-order valence-electron chi connectivity index (χ3n) is 12.4. The van der Waals surface area contributed by atoms with Crippen LogP contribution in [0.4, 0.5) is 27.7 Å². The standard InChI is InChI=1S/C44H55FN12O6/c1-26(2)57-33-23-36(50-35-13-18-47-44(51-35)55-22-16-34(63-3)30(45)25-55)48-24-29(33)39(53-57)41(60)49-27-14-20-54(21-15-27)19-7-5-4-6-17-46-31-10-8-9-28-38(31)43(62)56(42(28)61)32-11-12-37(58)52-40(32)59/h8-10,13,18,23-24,26-27,30,32,34,46H,4-7,11-12,14-17,19-22,25H2,1-3H3,(H,49,60)(H,52,58,59)(H,47,48,50,51)/t30-,32?,34+/m1/s1. The van der Waals surface area contributed by atoms with E-state index in [1.54, 1.807) is 36.7 Å². The third-order valence-corrected chi connectivity index (χ3v) is 12.4. The number of imide groups is 2. The molecule has 5 amide bonds. The maximum atomic E-state index is 14.6. The van der Waals surface area contributed by atoms with Gasteiger partial charge in [0.2, 0.25) is 17.8 Å². The second-order valence-corrected chi connectivity index (χ2v) is 17.0. The molecule has 4 N–H and O–H groups in total. The highest BCUT2D eigenvalue weighted by Gasteiger charge is 2.45. The van der Waals surface area contributed by atoms with Crippen LogP contribution in [0.25, 0.3) is 10.9 Å². The van der Waals surface area contributed by atoms with Gasteiger partial charge in [0, 0.05) is 75.9 Å². The molecule has 3 fully saturated rings. The first-order valence-electron chi connectivity index (χ1n) is 22.0. The topological polar surface area (TPSA) is 209 Å². The maximum Gasteiger partial charge on any atom is 0.272 e. The summed E-state index contributed by atoms with van der Waals surface area (Å²) in [6.45, 7) is 8.14. The number of hydrogen-bond acceptors (Lipinski definition) is 14. The van der Waals surface area contributed by atoms with Gasteiger partial charge in [-0.2, -0.15) is 10.1 Å². The lowest BCUT2D eigenvalue weighted by molar-refractivity contribution is -0.136. The number of carbonyl (C=O) groups excluding carboxylic acids is 5. The lowest BCUT2D eigenvalue weighted by Crippen LogP contribution is -2.54. The van der Waals surface area contributed by atoms with Crippen molar-refractivity contribution in [2.24, 2.45) is 0 Å². The van der Waals surface area contributed by atoms with E-state index in [4.69, 9.17) is 9.84 Å². The third kappa shape index (κ3) is 9.49. The summed E-state index contributed by atoms with van der Waals surface area (Å²) in [6.07, 6.45) is 8.11. The highest BCUT2D eigenvalue weighted by molar-refractivity contribution is 6.25. The highest BCUT2D eigenvalue weighted by atomic mass is 19.1. The number of benzene rings is 1. The summed E-state index contributed by atoms with van der Waals surface area (Å²) in [7, 11) is 1.53. The SMILES string of the molecule is CO[C@H]1CCN(c2nccc(Nc3cc4c(cn3)c(C(=O)NC3CCN(CCCCCCNc5cccc6c5C(=O)N(C5CCC(=O)NC5=O)C6=O)CC3)nn4C(C)C)n2)C[C@H]1F. The van der Waals surface area contributed by atoms with Crippen molar-refractivity contribution in [1.82, 2.24) is 45.2 Å². The first kappa shape index (κ1) is 43.6. The minimum absolute atomic E-state index is 0.0137. The smallest absolute Gasteiger partial charge is 0.272 e. The van der Waals surface area contributed by atoms with Crippen LogP contribution in [-0.4, -0.2) is 135 Å². The molecule has 0 aliphatic carbocycles. The van der Waals surface area contributed by atoms with Crippen LogP contribution in [-0.2, 0) is 14.3 Å².